The van der Waals surface area contributed by atoms with Gasteiger partial charge in [-0.3, -0.25) is 0 Å². The maximum Gasteiger partial charge on any atom is 0.0598 e. The molecule has 2 atom stereocenters. The summed E-state index contributed by atoms with van der Waals surface area (Å²) in [4.78, 5) is 0. The normalized spacial score (nSPS) is 29.1. The quantitative estimate of drug-likeness (QED) is 0.638. The summed E-state index contributed by atoms with van der Waals surface area (Å²) in [6.07, 6.45) is 1.36. The van der Waals surface area contributed by atoms with Crippen molar-refractivity contribution in [1.82, 2.24) is 0 Å². The van der Waals surface area contributed by atoms with Crippen LogP contribution < -0.4 is 0 Å². The fourth-order valence-electron chi connectivity index (χ4n) is 1.85. The van der Waals surface area contributed by atoms with Gasteiger partial charge in [0, 0.05) is 0 Å². The molecule has 78 valence electrons. The van der Waals surface area contributed by atoms with Gasteiger partial charge >= 0.3 is 0 Å². The Hall–Kier alpha value is -0.0400. The molecule has 1 heteroatoms. The van der Waals surface area contributed by atoms with Crippen molar-refractivity contribution >= 4 is 0 Å². The summed E-state index contributed by atoms with van der Waals surface area (Å²) in [5, 5.41) is 0. The van der Waals surface area contributed by atoms with E-state index in [-0.39, 0.29) is 5.60 Å². The van der Waals surface area contributed by atoms with Crippen LogP contribution in [0.15, 0.2) is 0 Å². The average molecular weight is 184 g/mol. The summed E-state index contributed by atoms with van der Waals surface area (Å²) in [6, 6.07) is 0. The number of ether oxygens (including phenoxy) is 1. The molecule has 0 aliphatic heterocycles. The lowest BCUT2D eigenvalue weighted by Gasteiger charge is -2.22. The Morgan fingerprint density at radius 3 is 1.92 bits per heavy atom. The monoisotopic (exact) mass is 184 g/mol. The van der Waals surface area contributed by atoms with E-state index in [4.69, 9.17) is 4.74 Å². The molecule has 1 nitrogen and oxygen atoms in total. The zero-order valence-electron chi connectivity index (χ0n) is 9.98. The molecular formula is C12H24O. The lowest BCUT2D eigenvalue weighted by Crippen LogP contribution is -2.21. The molecule has 0 aromatic heterocycles. The molecule has 1 aliphatic rings. The summed E-state index contributed by atoms with van der Waals surface area (Å²) in [7, 11) is 0. The molecule has 0 bridgehead atoms. The zero-order valence-corrected chi connectivity index (χ0v) is 9.98. The zero-order chi connectivity index (χ0) is 10.3. The van der Waals surface area contributed by atoms with Gasteiger partial charge in [0.1, 0.15) is 0 Å². The van der Waals surface area contributed by atoms with Gasteiger partial charge < -0.3 is 4.74 Å². The fraction of sp³-hybridized carbons (Fsp3) is 1.00. The van der Waals surface area contributed by atoms with Crippen LogP contribution in [0.25, 0.3) is 0 Å². The van der Waals surface area contributed by atoms with Crippen LogP contribution in [0.4, 0.5) is 0 Å². The van der Waals surface area contributed by atoms with Crippen molar-refractivity contribution in [2.24, 2.45) is 17.3 Å². The number of hydrogen-bond donors (Lipinski definition) is 0. The largest absolute Gasteiger partial charge is 0.376 e. The van der Waals surface area contributed by atoms with Gasteiger partial charge in [0.05, 0.1) is 12.2 Å². The van der Waals surface area contributed by atoms with Gasteiger partial charge in [-0.1, -0.05) is 20.8 Å². The van der Waals surface area contributed by atoms with Crippen LogP contribution in [0.5, 0.6) is 0 Å². The Kier molecular flexibility index (Phi) is 2.78. The van der Waals surface area contributed by atoms with Crippen LogP contribution in [-0.4, -0.2) is 12.2 Å². The molecule has 0 saturated heterocycles. The minimum absolute atomic E-state index is 0.0328. The SMILES string of the molecule is CC(C)(C)OCC1C[C@@H]1C(C)(C)C. The summed E-state index contributed by atoms with van der Waals surface area (Å²) in [5.41, 5.74) is 0.511. The molecule has 0 aromatic rings. The molecule has 0 aromatic carbocycles. The van der Waals surface area contributed by atoms with Crippen molar-refractivity contribution in [2.75, 3.05) is 6.61 Å². The first-order valence-corrected chi connectivity index (χ1v) is 5.34. The topological polar surface area (TPSA) is 9.23 Å². The minimum atomic E-state index is 0.0328. The Balaban J connectivity index is 2.22. The van der Waals surface area contributed by atoms with Crippen LogP contribution in [0.2, 0.25) is 0 Å². The molecule has 0 amide bonds. The lowest BCUT2D eigenvalue weighted by molar-refractivity contribution is -0.0127. The van der Waals surface area contributed by atoms with E-state index in [1.165, 1.54) is 6.42 Å². The van der Waals surface area contributed by atoms with E-state index in [1.807, 2.05) is 0 Å². The molecule has 1 saturated carbocycles. The molecular weight excluding hydrogens is 160 g/mol. The van der Waals surface area contributed by atoms with Crippen LogP contribution in [0.3, 0.4) is 0 Å². The smallest absolute Gasteiger partial charge is 0.0598 e. The summed E-state index contributed by atoms with van der Waals surface area (Å²) in [5.74, 6) is 1.70. The van der Waals surface area contributed by atoms with Gasteiger partial charge in [-0.05, 0) is 44.4 Å². The van der Waals surface area contributed by atoms with Crippen LogP contribution in [0, 0.1) is 17.3 Å². The fourth-order valence-corrected chi connectivity index (χ4v) is 1.85. The molecule has 0 spiro atoms. The molecule has 13 heavy (non-hydrogen) atoms. The van der Waals surface area contributed by atoms with Crippen molar-refractivity contribution in [3.8, 4) is 0 Å². The van der Waals surface area contributed by atoms with Crippen LogP contribution in [0.1, 0.15) is 48.0 Å². The highest BCUT2D eigenvalue weighted by Gasteiger charge is 2.45. The maximum atomic E-state index is 5.78. The van der Waals surface area contributed by atoms with E-state index in [0.29, 0.717) is 5.41 Å². The van der Waals surface area contributed by atoms with Gasteiger partial charge in [0.15, 0.2) is 0 Å². The van der Waals surface area contributed by atoms with Gasteiger partial charge in [-0.2, -0.15) is 0 Å². The first kappa shape index (κ1) is 11.0. The highest BCUT2D eigenvalue weighted by molar-refractivity contribution is 4.94. The van der Waals surface area contributed by atoms with Crippen LogP contribution >= 0.6 is 0 Å². The molecule has 1 fully saturated rings. The van der Waals surface area contributed by atoms with E-state index in [9.17, 15) is 0 Å². The molecule has 0 heterocycles. The third kappa shape index (κ3) is 3.68. The lowest BCUT2D eigenvalue weighted by atomic mass is 9.89. The Morgan fingerprint density at radius 1 is 1.08 bits per heavy atom. The summed E-state index contributed by atoms with van der Waals surface area (Å²) in [6.45, 7) is 14.3. The molecule has 1 rings (SSSR count). The Bertz CT molecular complexity index is 171. The highest BCUT2D eigenvalue weighted by atomic mass is 16.5. The molecule has 1 aliphatic carbocycles. The Labute approximate surface area is 82.9 Å². The van der Waals surface area contributed by atoms with E-state index in [2.05, 4.69) is 41.5 Å². The third-order valence-corrected chi connectivity index (χ3v) is 2.77. The second kappa shape index (κ2) is 3.27. The van der Waals surface area contributed by atoms with Crippen molar-refractivity contribution < 1.29 is 4.74 Å². The first-order chi connectivity index (χ1) is 5.70. The predicted octanol–water partition coefficient (Wildman–Crippen LogP) is 3.48. The number of rotatable bonds is 2. The summed E-state index contributed by atoms with van der Waals surface area (Å²) >= 11 is 0. The summed E-state index contributed by atoms with van der Waals surface area (Å²) < 4.78 is 5.78. The Morgan fingerprint density at radius 2 is 1.62 bits per heavy atom. The van der Waals surface area contributed by atoms with E-state index >= 15 is 0 Å². The highest BCUT2D eigenvalue weighted by Crippen LogP contribution is 2.50. The number of hydrogen-bond acceptors (Lipinski definition) is 1. The molecule has 0 N–H and O–H groups in total. The predicted molar refractivity (Wildman–Crippen MR) is 56.8 cm³/mol. The van der Waals surface area contributed by atoms with E-state index in [1.54, 1.807) is 0 Å². The van der Waals surface area contributed by atoms with Crippen molar-refractivity contribution in [2.45, 2.75) is 53.6 Å². The second-order valence-corrected chi connectivity index (χ2v) is 6.39. The first-order valence-electron chi connectivity index (χ1n) is 5.34. The maximum absolute atomic E-state index is 5.78. The minimum Gasteiger partial charge on any atom is -0.376 e. The van der Waals surface area contributed by atoms with E-state index < -0.39 is 0 Å². The van der Waals surface area contributed by atoms with Gasteiger partial charge in [0.2, 0.25) is 0 Å². The van der Waals surface area contributed by atoms with Crippen LogP contribution in [-0.2, 0) is 4.74 Å². The third-order valence-electron chi connectivity index (χ3n) is 2.77. The second-order valence-electron chi connectivity index (χ2n) is 6.39. The average Bonchev–Trinajstić information content (AvgIpc) is 2.57. The molecule has 1 unspecified atom stereocenters. The standard InChI is InChI=1S/C12H24O/c1-11(2,3)10-7-9(10)8-13-12(4,5)6/h9-10H,7-8H2,1-6H3/t9?,10-/m0/s1. The molecule has 0 radical (unpaired) electrons. The van der Waals surface area contributed by atoms with Crippen molar-refractivity contribution in [3.63, 3.8) is 0 Å². The van der Waals surface area contributed by atoms with Gasteiger partial charge in [0.25, 0.3) is 0 Å². The van der Waals surface area contributed by atoms with Crippen molar-refractivity contribution in [3.05, 3.63) is 0 Å². The van der Waals surface area contributed by atoms with Gasteiger partial charge in [-0.15, -0.1) is 0 Å². The van der Waals surface area contributed by atoms with E-state index in [0.717, 1.165) is 18.4 Å². The van der Waals surface area contributed by atoms with Crippen molar-refractivity contribution in [1.29, 1.82) is 0 Å². The van der Waals surface area contributed by atoms with Gasteiger partial charge in [-0.25, -0.2) is 0 Å².